The largest absolute Gasteiger partial charge is 0.496 e. The van der Waals surface area contributed by atoms with E-state index >= 15 is 0 Å². The van der Waals surface area contributed by atoms with E-state index in [2.05, 4.69) is 10.5 Å². The molecule has 0 saturated heterocycles. The molecule has 0 aromatic heterocycles. The highest BCUT2D eigenvalue weighted by Crippen LogP contribution is 2.27. The van der Waals surface area contributed by atoms with Crippen LogP contribution in [0.3, 0.4) is 0 Å². The van der Waals surface area contributed by atoms with E-state index in [1.165, 1.54) is 30.5 Å². The third-order valence-corrected chi connectivity index (χ3v) is 5.42. The first-order valence-corrected chi connectivity index (χ1v) is 10.3. The van der Waals surface area contributed by atoms with Crippen molar-refractivity contribution in [1.82, 2.24) is 5.43 Å². The maximum atomic E-state index is 12.2. The molecule has 0 unspecified atom stereocenters. The molecule has 0 aliphatic carbocycles. The zero-order chi connectivity index (χ0) is 24.0. The van der Waals surface area contributed by atoms with Crippen molar-refractivity contribution < 1.29 is 19.2 Å². The number of halogens is 1. The van der Waals surface area contributed by atoms with Crippen LogP contribution in [-0.4, -0.2) is 24.2 Å². The lowest BCUT2D eigenvalue weighted by atomic mass is 10.1. The first kappa shape index (κ1) is 23.7. The van der Waals surface area contributed by atoms with E-state index < -0.39 is 10.8 Å². The number of hydrazone groups is 1. The Hall–Kier alpha value is -3.91. The molecule has 0 aliphatic rings. The van der Waals surface area contributed by atoms with Crippen LogP contribution >= 0.6 is 11.6 Å². The van der Waals surface area contributed by atoms with Gasteiger partial charge in [0.2, 0.25) is 0 Å². The number of aryl methyl sites for hydroxylation is 2. The molecule has 0 saturated carbocycles. The summed E-state index contributed by atoms with van der Waals surface area (Å²) in [5.74, 6) is 0.877. The van der Waals surface area contributed by atoms with E-state index in [1.54, 1.807) is 19.2 Å². The molecule has 0 heterocycles. The molecular formula is C24H22ClN3O5. The highest BCUT2D eigenvalue weighted by atomic mass is 35.5. The molecular weight excluding hydrogens is 446 g/mol. The van der Waals surface area contributed by atoms with Gasteiger partial charge in [-0.15, -0.1) is 0 Å². The van der Waals surface area contributed by atoms with Gasteiger partial charge in [-0.1, -0.05) is 11.6 Å². The lowest BCUT2D eigenvalue weighted by Gasteiger charge is -2.13. The normalized spacial score (nSPS) is 10.8. The van der Waals surface area contributed by atoms with Crippen LogP contribution < -0.4 is 14.9 Å². The summed E-state index contributed by atoms with van der Waals surface area (Å²) in [5.41, 5.74) is 5.96. The standard InChI is InChI=1S/C24H22ClN3O5/c1-15-10-21(11-16(2)23(15)25)33-14-19-12-17(4-9-22(19)32-3)13-26-27-24(29)18-5-7-20(8-6-18)28(30)31/h4-13H,14H2,1-3H3,(H,27,29)/b26-13+. The number of amides is 1. The predicted octanol–water partition coefficient (Wildman–Crippen LogP) is 5.22. The van der Waals surface area contributed by atoms with E-state index in [4.69, 9.17) is 21.1 Å². The summed E-state index contributed by atoms with van der Waals surface area (Å²) < 4.78 is 11.4. The summed E-state index contributed by atoms with van der Waals surface area (Å²) in [5, 5.41) is 15.4. The van der Waals surface area contributed by atoms with Crippen LogP contribution in [0.2, 0.25) is 5.02 Å². The fraction of sp³-hybridized carbons (Fsp3) is 0.167. The molecule has 170 valence electrons. The number of methoxy groups -OCH3 is 1. The van der Waals surface area contributed by atoms with Gasteiger partial charge in [-0.3, -0.25) is 14.9 Å². The van der Waals surface area contributed by atoms with Crippen molar-refractivity contribution in [3.05, 3.63) is 97.6 Å². The molecule has 8 nitrogen and oxygen atoms in total. The third kappa shape index (κ3) is 6.08. The fourth-order valence-electron chi connectivity index (χ4n) is 3.11. The number of hydrogen-bond acceptors (Lipinski definition) is 6. The Morgan fingerprint density at radius 3 is 2.39 bits per heavy atom. The molecule has 0 spiro atoms. The highest BCUT2D eigenvalue weighted by molar-refractivity contribution is 6.32. The Kier molecular flexibility index (Phi) is 7.63. The van der Waals surface area contributed by atoms with Crippen LogP contribution in [0, 0.1) is 24.0 Å². The summed E-state index contributed by atoms with van der Waals surface area (Å²) in [6.45, 7) is 4.11. The number of hydrogen-bond donors (Lipinski definition) is 1. The van der Waals surface area contributed by atoms with Gasteiger partial charge in [0.15, 0.2) is 0 Å². The zero-order valence-corrected chi connectivity index (χ0v) is 19.1. The number of nitro groups is 1. The Balaban J connectivity index is 1.67. The van der Waals surface area contributed by atoms with E-state index in [0.29, 0.717) is 16.5 Å². The van der Waals surface area contributed by atoms with Crippen LogP contribution in [0.15, 0.2) is 59.7 Å². The molecule has 0 aliphatic heterocycles. The van der Waals surface area contributed by atoms with Crippen molar-refractivity contribution in [2.75, 3.05) is 7.11 Å². The van der Waals surface area contributed by atoms with Gasteiger partial charge in [-0.2, -0.15) is 5.10 Å². The quantitative estimate of drug-likeness (QED) is 0.278. The second-order valence-corrected chi connectivity index (χ2v) is 7.61. The third-order valence-electron chi connectivity index (χ3n) is 4.83. The summed E-state index contributed by atoms with van der Waals surface area (Å²) in [6.07, 6.45) is 1.49. The maximum absolute atomic E-state index is 12.2. The molecule has 0 atom stereocenters. The minimum atomic E-state index is -0.528. The molecule has 0 radical (unpaired) electrons. The molecule has 0 bridgehead atoms. The van der Waals surface area contributed by atoms with E-state index in [9.17, 15) is 14.9 Å². The second-order valence-electron chi connectivity index (χ2n) is 7.23. The molecule has 3 aromatic carbocycles. The molecule has 3 rings (SSSR count). The average Bonchev–Trinajstić information content (AvgIpc) is 2.81. The molecule has 0 fully saturated rings. The van der Waals surface area contributed by atoms with Crippen molar-refractivity contribution in [1.29, 1.82) is 0 Å². The van der Waals surface area contributed by atoms with Crippen LogP contribution in [0.4, 0.5) is 5.69 Å². The summed E-state index contributed by atoms with van der Waals surface area (Å²) in [7, 11) is 1.58. The smallest absolute Gasteiger partial charge is 0.271 e. The first-order valence-electron chi connectivity index (χ1n) is 9.93. The predicted molar refractivity (Wildman–Crippen MR) is 126 cm³/mol. The van der Waals surface area contributed by atoms with Crippen LogP contribution in [0.1, 0.15) is 32.6 Å². The minimum absolute atomic E-state index is 0.0908. The summed E-state index contributed by atoms with van der Waals surface area (Å²) in [6, 6.07) is 14.4. The first-order chi connectivity index (χ1) is 15.8. The van der Waals surface area contributed by atoms with Gasteiger partial charge in [0.05, 0.1) is 18.2 Å². The van der Waals surface area contributed by atoms with Crippen molar-refractivity contribution in [2.24, 2.45) is 5.10 Å². The number of carbonyl (C=O) groups is 1. The molecule has 3 aromatic rings. The number of benzene rings is 3. The van der Waals surface area contributed by atoms with Crippen molar-refractivity contribution in [2.45, 2.75) is 20.5 Å². The second kappa shape index (κ2) is 10.6. The van der Waals surface area contributed by atoms with Crippen molar-refractivity contribution >= 4 is 29.4 Å². The van der Waals surface area contributed by atoms with Gasteiger partial charge in [0.1, 0.15) is 18.1 Å². The number of carbonyl (C=O) groups excluding carboxylic acids is 1. The van der Waals surface area contributed by atoms with Gasteiger partial charge in [0, 0.05) is 28.3 Å². The Morgan fingerprint density at radius 1 is 1.12 bits per heavy atom. The number of rotatable bonds is 8. The number of nitrogens with zero attached hydrogens (tertiary/aromatic N) is 2. The van der Waals surface area contributed by atoms with Gasteiger partial charge in [0.25, 0.3) is 11.6 Å². The zero-order valence-electron chi connectivity index (χ0n) is 18.3. The Labute approximate surface area is 195 Å². The van der Waals surface area contributed by atoms with E-state index in [0.717, 1.165) is 22.3 Å². The van der Waals surface area contributed by atoms with E-state index in [-0.39, 0.29) is 17.9 Å². The van der Waals surface area contributed by atoms with E-state index in [1.807, 2.05) is 32.0 Å². The minimum Gasteiger partial charge on any atom is -0.496 e. The molecule has 1 amide bonds. The summed E-state index contributed by atoms with van der Waals surface area (Å²) in [4.78, 5) is 22.4. The maximum Gasteiger partial charge on any atom is 0.271 e. The van der Waals surface area contributed by atoms with Gasteiger partial charge in [-0.05, 0) is 73.0 Å². The van der Waals surface area contributed by atoms with Crippen molar-refractivity contribution in [3.8, 4) is 11.5 Å². The summed E-state index contributed by atoms with van der Waals surface area (Å²) >= 11 is 6.22. The average molecular weight is 468 g/mol. The van der Waals surface area contributed by atoms with Gasteiger partial charge in [-0.25, -0.2) is 5.43 Å². The number of nitro benzene ring substituents is 1. The lowest BCUT2D eigenvalue weighted by molar-refractivity contribution is -0.384. The van der Waals surface area contributed by atoms with Crippen LogP contribution in [0.25, 0.3) is 0 Å². The van der Waals surface area contributed by atoms with Gasteiger partial charge >= 0.3 is 0 Å². The van der Waals surface area contributed by atoms with Gasteiger partial charge < -0.3 is 9.47 Å². The highest BCUT2D eigenvalue weighted by Gasteiger charge is 2.10. The Morgan fingerprint density at radius 2 is 1.79 bits per heavy atom. The fourth-order valence-corrected chi connectivity index (χ4v) is 3.22. The monoisotopic (exact) mass is 467 g/mol. The molecule has 9 heteroatoms. The van der Waals surface area contributed by atoms with Crippen LogP contribution in [-0.2, 0) is 6.61 Å². The number of ether oxygens (including phenoxy) is 2. The lowest BCUT2D eigenvalue weighted by Crippen LogP contribution is -2.17. The number of non-ortho nitro benzene ring substituents is 1. The number of nitrogens with one attached hydrogen (secondary N) is 1. The SMILES string of the molecule is COc1ccc(/C=N/NC(=O)c2ccc([N+](=O)[O-])cc2)cc1COc1cc(C)c(Cl)c(C)c1. The van der Waals surface area contributed by atoms with Crippen molar-refractivity contribution in [3.63, 3.8) is 0 Å². The Bertz CT molecular complexity index is 1190. The topological polar surface area (TPSA) is 103 Å². The molecule has 33 heavy (non-hydrogen) atoms. The van der Waals surface area contributed by atoms with Crippen LogP contribution in [0.5, 0.6) is 11.5 Å². The molecule has 1 N–H and O–H groups in total.